The van der Waals surface area contributed by atoms with Crippen molar-refractivity contribution in [3.8, 4) is 0 Å². The van der Waals surface area contributed by atoms with Gasteiger partial charge in [-0.1, -0.05) is 12.1 Å². The highest BCUT2D eigenvalue weighted by atomic mass is 19.4. The van der Waals surface area contributed by atoms with E-state index in [4.69, 9.17) is 10.5 Å². The van der Waals surface area contributed by atoms with Crippen LogP contribution >= 0.6 is 0 Å². The number of carboxylic acid groups (broad SMARTS) is 1. The molecule has 0 heterocycles. The minimum atomic E-state index is -4.46. The zero-order valence-corrected chi connectivity index (χ0v) is 13.6. The summed E-state index contributed by atoms with van der Waals surface area (Å²) in [5, 5.41) is 9.21. The third-order valence-corrected chi connectivity index (χ3v) is 3.11. The molecular weight excluding hydrogens is 327 g/mol. The molecule has 1 aromatic carbocycles. The smallest absolute Gasteiger partial charge is 0.416 e. The van der Waals surface area contributed by atoms with Crippen LogP contribution in [-0.4, -0.2) is 28.7 Å². The Morgan fingerprint density at radius 1 is 1.17 bits per heavy atom. The number of benzene rings is 1. The Hall–Kier alpha value is -2.09. The fraction of sp³-hybridized carbons (Fsp3) is 0.500. The van der Waals surface area contributed by atoms with Crippen LogP contribution in [0.4, 0.5) is 13.2 Å². The van der Waals surface area contributed by atoms with Gasteiger partial charge in [-0.25, -0.2) is 0 Å². The van der Waals surface area contributed by atoms with E-state index in [1.807, 2.05) is 0 Å². The topological polar surface area (TPSA) is 89.6 Å². The molecule has 3 N–H and O–H groups in total. The van der Waals surface area contributed by atoms with Gasteiger partial charge in [0.05, 0.1) is 5.56 Å². The highest BCUT2D eigenvalue weighted by molar-refractivity contribution is 5.95. The Labute approximate surface area is 137 Å². The van der Waals surface area contributed by atoms with Crippen molar-refractivity contribution < 1.29 is 32.6 Å². The van der Waals surface area contributed by atoms with Crippen molar-refractivity contribution in [1.29, 1.82) is 0 Å². The second kappa shape index (κ2) is 7.21. The van der Waals surface area contributed by atoms with Crippen LogP contribution in [0.3, 0.4) is 0 Å². The van der Waals surface area contributed by atoms with Crippen LogP contribution in [0.1, 0.15) is 31.9 Å². The molecule has 24 heavy (non-hydrogen) atoms. The Kier molecular flexibility index (Phi) is 5.99. The number of aliphatic carboxylic acids is 1. The first-order chi connectivity index (χ1) is 10.8. The molecule has 0 aliphatic carbocycles. The van der Waals surface area contributed by atoms with E-state index < -0.39 is 41.2 Å². The van der Waals surface area contributed by atoms with E-state index >= 15 is 0 Å². The molecule has 2 atom stereocenters. The Morgan fingerprint density at radius 3 is 2.04 bits per heavy atom. The molecule has 5 nitrogen and oxygen atoms in total. The van der Waals surface area contributed by atoms with E-state index in [1.165, 1.54) is 12.1 Å². The lowest BCUT2D eigenvalue weighted by atomic mass is 9.93. The molecular formula is C16H20F3NO4. The number of hydrogen-bond donors (Lipinski definition) is 2. The van der Waals surface area contributed by atoms with Gasteiger partial charge in [0.25, 0.3) is 0 Å². The Morgan fingerprint density at radius 2 is 1.67 bits per heavy atom. The van der Waals surface area contributed by atoms with Crippen LogP contribution in [0, 0.1) is 5.92 Å². The maximum absolute atomic E-state index is 12.5. The zero-order chi connectivity index (χ0) is 18.7. The minimum Gasteiger partial charge on any atom is -0.481 e. The summed E-state index contributed by atoms with van der Waals surface area (Å²) in [7, 11) is 0. The fourth-order valence-electron chi connectivity index (χ4n) is 2.04. The summed E-state index contributed by atoms with van der Waals surface area (Å²) < 4.78 is 42.6. The third kappa shape index (κ3) is 5.84. The van der Waals surface area contributed by atoms with Crippen LogP contribution in [-0.2, 0) is 26.9 Å². The summed E-state index contributed by atoms with van der Waals surface area (Å²) in [6.07, 6.45) is -4.53. The van der Waals surface area contributed by atoms with Gasteiger partial charge >= 0.3 is 18.1 Å². The molecule has 134 valence electrons. The average molecular weight is 347 g/mol. The van der Waals surface area contributed by atoms with E-state index in [0.717, 1.165) is 12.1 Å². The molecule has 0 bridgehead atoms. The molecule has 0 aliphatic rings. The lowest BCUT2D eigenvalue weighted by Gasteiger charge is -2.25. The van der Waals surface area contributed by atoms with Gasteiger partial charge in [0, 0.05) is 6.04 Å². The second-order valence-corrected chi connectivity index (χ2v) is 6.41. The Bertz CT molecular complexity index is 591. The van der Waals surface area contributed by atoms with Gasteiger partial charge in [-0.15, -0.1) is 0 Å². The van der Waals surface area contributed by atoms with Crippen LogP contribution < -0.4 is 5.73 Å². The molecule has 8 heteroatoms. The largest absolute Gasteiger partial charge is 0.481 e. The summed E-state index contributed by atoms with van der Waals surface area (Å²) in [5.74, 6) is -4.02. The Balaban J connectivity index is 2.88. The monoisotopic (exact) mass is 347 g/mol. The molecule has 0 aliphatic heterocycles. The number of ether oxygens (including phenoxy) is 1. The molecule has 0 saturated heterocycles. The lowest BCUT2D eigenvalue weighted by Crippen LogP contribution is -2.45. The van der Waals surface area contributed by atoms with Gasteiger partial charge in [-0.2, -0.15) is 13.2 Å². The normalized spacial score (nSPS) is 14.8. The molecule has 0 saturated carbocycles. The molecule has 1 aromatic rings. The van der Waals surface area contributed by atoms with Gasteiger partial charge in [0.1, 0.15) is 5.60 Å². The van der Waals surface area contributed by atoms with Gasteiger partial charge in [-0.05, 0) is 44.9 Å². The SMILES string of the molecule is CC(C)(C)OC(=O)[C@@H](C(=O)O)[C@H](N)Cc1ccc(C(F)(F)F)cc1. The predicted octanol–water partition coefficient (Wildman–Crippen LogP) is 2.62. The number of carbonyl (C=O) groups is 2. The number of rotatable bonds is 5. The number of hydrogen-bond acceptors (Lipinski definition) is 4. The van der Waals surface area contributed by atoms with Crippen molar-refractivity contribution in [3.63, 3.8) is 0 Å². The van der Waals surface area contributed by atoms with E-state index in [2.05, 4.69) is 0 Å². The number of carboxylic acids is 1. The average Bonchev–Trinajstić information content (AvgIpc) is 2.35. The van der Waals surface area contributed by atoms with Gasteiger partial charge in [0.2, 0.25) is 0 Å². The molecule has 0 fully saturated rings. The van der Waals surface area contributed by atoms with Gasteiger partial charge in [-0.3, -0.25) is 9.59 Å². The lowest BCUT2D eigenvalue weighted by molar-refractivity contribution is -0.167. The van der Waals surface area contributed by atoms with Crippen LogP contribution in [0.25, 0.3) is 0 Å². The minimum absolute atomic E-state index is 0.0751. The van der Waals surface area contributed by atoms with Gasteiger partial charge in [0.15, 0.2) is 5.92 Å². The number of alkyl halides is 3. The molecule has 0 aromatic heterocycles. The number of halogens is 3. The maximum atomic E-state index is 12.5. The first kappa shape index (κ1) is 20.0. The summed E-state index contributed by atoms with van der Waals surface area (Å²) in [6.45, 7) is 4.77. The molecule has 0 amide bonds. The standard InChI is InChI=1S/C16H20F3NO4/c1-15(2,3)24-14(23)12(13(21)22)11(20)8-9-4-6-10(7-5-9)16(17,18)19/h4-7,11-12H,8,20H2,1-3H3,(H,21,22)/t11-,12-/m1/s1. The third-order valence-electron chi connectivity index (χ3n) is 3.11. The van der Waals surface area contributed by atoms with E-state index in [0.29, 0.717) is 5.56 Å². The summed E-state index contributed by atoms with van der Waals surface area (Å²) in [6, 6.07) is 3.04. The summed E-state index contributed by atoms with van der Waals surface area (Å²) in [5.41, 5.74) is 4.49. The molecule has 0 radical (unpaired) electrons. The molecule has 1 rings (SSSR count). The van der Waals surface area contributed by atoms with Crippen molar-refractivity contribution in [2.75, 3.05) is 0 Å². The van der Waals surface area contributed by atoms with E-state index in [-0.39, 0.29) is 6.42 Å². The first-order valence-corrected chi connectivity index (χ1v) is 7.18. The van der Waals surface area contributed by atoms with Gasteiger partial charge < -0.3 is 15.6 Å². The second-order valence-electron chi connectivity index (χ2n) is 6.41. The van der Waals surface area contributed by atoms with Crippen molar-refractivity contribution in [2.24, 2.45) is 11.7 Å². The molecule has 0 spiro atoms. The van der Waals surface area contributed by atoms with Crippen LogP contribution in [0.5, 0.6) is 0 Å². The molecule has 0 unspecified atom stereocenters. The fourth-order valence-corrected chi connectivity index (χ4v) is 2.04. The van der Waals surface area contributed by atoms with Crippen LogP contribution in [0.2, 0.25) is 0 Å². The van der Waals surface area contributed by atoms with Crippen molar-refractivity contribution in [1.82, 2.24) is 0 Å². The zero-order valence-electron chi connectivity index (χ0n) is 13.6. The quantitative estimate of drug-likeness (QED) is 0.631. The number of carbonyl (C=O) groups excluding carboxylic acids is 1. The first-order valence-electron chi connectivity index (χ1n) is 7.18. The predicted molar refractivity (Wildman–Crippen MR) is 80.1 cm³/mol. The maximum Gasteiger partial charge on any atom is 0.416 e. The number of nitrogens with two attached hydrogens (primary N) is 1. The van der Waals surface area contributed by atoms with Crippen molar-refractivity contribution >= 4 is 11.9 Å². The number of esters is 1. The summed E-state index contributed by atoms with van der Waals surface area (Å²) in [4.78, 5) is 23.3. The summed E-state index contributed by atoms with van der Waals surface area (Å²) >= 11 is 0. The van der Waals surface area contributed by atoms with Crippen molar-refractivity contribution in [3.05, 3.63) is 35.4 Å². The highest BCUT2D eigenvalue weighted by Crippen LogP contribution is 2.29. The van der Waals surface area contributed by atoms with E-state index in [1.54, 1.807) is 20.8 Å². The van der Waals surface area contributed by atoms with Crippen LogP contribution in [0.15, 0.2) is 24.3 Å². The van der Waals surface area contributed by atoms with E-state index in [9.17, 15) is 27.9 Å². The highest BCUT2D eigenvalue weighted by Gasteiger charge is 2.36. The van der Waals surface area contributed by atoms with Crippen molar-refractivity contribution in [2.45, 2.75) is 45.0 Å².